The van der Waals surface area contributed by atoms with Gasteiger partial charge in [0.2, 0.25) is 0 Å². The van der Waals surface area contributed by atoms with Crippen LogP contribution in [0.5, 0.6) is 0 Å². The molecule has 102 valence electrons. The highest BCUT2D eigenvalue weighted by molar-refractivity contribution is 8.03. The van der Waals surface area contributed by atoms with E-state index >= 15 is 0 Å². The van der Waals surface area contributed by atoms with Crippen molar-refractivity contribution in [3.63, 3.8) is 0 Å². The molecule has 0 amide bonds. The minimum Gasteiger partial charge on any atom is -0.215 e. The van der Waals surface area contributed by atoms with E-state index in [4.69, 9.17) is 46.4 Å². The van der Waals surface area contributed by atoms with Crippen LogP contribution in [0, 0.1) is 0 Å². The summed E-state index contributed by atoms with van der Waals surface area (Å²) in [6, 6.07) is 0.853. The molecule has 12 heteroatoms. The summed E-state index contributed by atoms with van der Waals surface area (Å²) in [6.07, 6.45) is 0. The van der Waals surface area contributed by atoms with E-state index in [2.05, 4.69) is 5.14 Å². The van der Waals surface area contributed by atoms with Crippen LogP contribution in [-0.4, -0.2) is 16.8 Å². The zero-order chi connectivity index (χ0) is 14.3. The largest absolute Gasteiger partial charge is 0.287 e. The summed E-state index contributed by atoms with van der Waals surface area (Å²) in [6.45, 7) is 0. The number of hydrogen-bond donors (Lipinski definition) is 2. The topological polar surface area (TPSA) is 106 Å². The number of benzene rings is 1. The van der Waals surface area contributed by atoms with E-state index < -0.39 is 30.2 Å². The quantitative estimate of drug-likeness (QED) is 0.621. The van der Waals surface area contributed by atoms with E-state index in [1.165, 1.54) is 4.13 Å². The lowest BCUT2D eigenvalue weighted by atomic mass is 10.3. The Labute approximate surface area is 123 Å². The van der Waals surface area contributed by atoms with E-state index in [0.717, 1.165) is 6.07 Å². The molecule has 0 spiro atoms. The van der Waals surface area contributed by atoms with Gasteiger partial charge in [-0.15, -0.1) is 0 Å². The average molecular weight is 374 g/mol. The van der Waals surface area contributed by atoms with Crippen molar-refractivity contribution in [1.29, 1.82) is 0 Å². The van der Waals surface area contributed by atoms with Gasteiger partial charge in [0.1, 0.15) is 4.90 Å². The fourth-order valence-corrected chi connectivity index (χ4v) is 4.37. The van der Waals surface area contributed by atoms with Gasteiger partial charge in [-0.05, 0) is 6.07 Å². The fraction of sp³-hybridized carbons (Fsp3) is 0. The number of nitrogens with one attached hydrogen (secondary N) is 1. The van der Waals surface area contributed by atoms with Gasteiger partial charge in [0, 0.05) is 0 Å². The van der Waals surface area contributed by atoms with Crippen molar-refractivity contribution in [1.82, 2.24) is 4.13 Å². The molecule has 0 unspecified atom stereocenters. The van der Waals surface area contributed by atoms with Gasteiger partial charge in [-0.1, -0.05) is 50.5 Å². The molecule has 0 saturated carbocycles. The maximum Gasteiger partial charge on any atom is 0.287 e. The first-order valence-corrected chi connectivity index (χ1v) is 8.39. The summed E-state index contributed by atoms with van der Waals surface area (Å²) in [7, 11) is -9.03. The van der Waals surface area contributed by atoms with Gasteiger partial charge < -0.3 is 0 Å². The maximum atomic E-state index is 11.7. The number of nitrogens with two attached hydrogens (primary N) is 1. The highest BCUT2D eigenvalue weighted by atomic mass is 35.5. The van der Waals surface area contributed by atoms with Crippen LogP contribution in [0.2, 0.25) is 20.1 Å². The van der Waals surface area contributed by atoms with Crippen LogP contribution in [-0.2, 0) is 20.2 Å². The van der Waals surface area contributed by atoms with Crippen molar-refractivity contribution in [2.45, 2.75) is 4.90 Å². The minimum atomic E-state index is -4.53. The molecule has 0 aliphatic rings. The summed E-state index contributed by atoms with van der Waals surface area (Å²) >= 11 is 22.6. The first-order chi connectivity index (χ1) is 7.96. The standard InChI is InChI=1S/C6H4Cl4N2O4S2/c7-2-1-3(5(9)6(10)4(2)8)17(13,14)12-18(11,15)16/h1,12H,(H2,11,15,16). The molecule has 0 aromatic heterocycles. The third-order valence-electron chi connectivity index (χ3n) is 1.58. The molecule has 0 radical (unpaired) electrons. The monoisotopic (exact) mass is 372 g/mol. The Bertz CT molecular complexity index is 701. The van der Waals surface area contributed by atoms with E-state index in [-0.39, 0.29) is 15.1 Å². The van der Waals surface area contributed by atoms with Crippen LogP contribution in [0.3, 0.4) is 0 Å². The van der Waals surface area contributed by atoms with E-state index in [1.807, 2.05) is 0 Å². The number of hydrogen-bond acceptors (Lipinski definition) is 4. The second-order valence-electron chi connectivity index (χ2n) is 2.93. The Hall–Kier alpha value is 0.200. The van der Waals surface area contributed by atoms with Crippen LogP contribution < -0.4 is 9.27 Å². The molecule has 0 heterocycles. The van der Waals surface area contributed by atoms with Crippen molar-refractivity contribution < 1.29 is 16.8 Å². The van der Waals surface area contributed by atoms with Gasteiger partial charge in [0.05, 0.1) is 20.1 Å². The Morgan fingerprint density at radius 1 is 0.944 bits per heavy atom. The molecule has 0 aliphatic carbocycles. The molecular weight excluding hydrogens is 370 g/mol. The average Bonchev–Trinajstić information content (AvgIpc) is 2.16. The fourth-order valence-electron chi connectivity index (χ4n) is 0.945. The minimum absolute atomic E-state index is 0.155. The number of sulfonamides is 1. The van der Waals surface area contributed by atoms with Gasteiger partial charge in [0.25, 0.3) is 20.2 Å². The Morgan fingerprint density at radius 2 is 1.44 bits per heavy atom. The van der Waals surface area contributed by atoms with E-state index in [9.17, 15) is 16.8 Å². The van der Waals surface area contributed by atoms with Crippen molar-refractivity contribution in [2.24, 2.45) is 5.14 Å². The summed E-state index contributed by atoms with van der Waals surface area (Å²) in [5, 5.41) is 3.41. The summed E-state index contributed by atoms with van der Waals surface area (Å²) in [5.41, 5.74) is 0. The van der Waals surface area contributed by atoms with Gasteiger partial charge in [-0.3, -0.25) is 0 Å². The maximum absolute atomic E-state index is 11.7. The molecule has 1 aromatic rings. The molecule has 0 saturated heterocycles. The van der Waals surface area contributed by atoms with Crippen LogP contribution in [0.15, 0.2) is 11.0 Å². The Morgan fingerprint density at radius 3 is 1.89 bits per heavy atom. The second-order valence-corrected chi connectivity index (χ2v) is 7.67. The zero-order valence-corrected chi connectivity index (χ0v) is 12.8. The molecule has 18 heavy (non-hydrogen) atoms. The van der Waals surface area contributed by atoms with E-state index in [1.54, 1.807) is 0 Å². The third kappa shape index (κ3) is 3.61. The summed E-state index contributed by atoms with van der Waals surface area (Å²) in [5.74, 6) is 0. The Kier molecular flexibility index (Phi) is 4.78. The molecule has 0 aliphatic heterocycles. The first kappa shape index (κ1) is 16.3. The van der Waals surface area contributed by atoms with Gasteiger partial charge in [0.15, 0.2) is 0 Å². The van der Waals surface area contributed by atoms with Gasteiger partial charge >= 0.3 is 0 Å². The number of halogens is 4. The highest BCUT2D eigenvalue weighted by Gasteiger charge is 2.26. The normalized spacial score (nSPS) is 12.7. The zero-order valence-electron chi connectivity index (χ0n) is 8.12. The van der Waals surface area contributed by atoms with Crippen molar-refractivity contribution in [2.75, 3.05) is 0 Å². The molecular formula is C6H4Cl4N2O4S2. The van der Waals surface area contributed by atoms with Crippen LogP contribution >= 0.6 is 46.4 Å². The SMILES string of the molecule is NS(=O)(=O)NS(=O)(=O)c1cc(Cl)c(Cl)c(Cl)c1Cl. The summed E-state index contributed by atoms with van der Waals surface area (Å²) in [4.78, 5) is -0.655. The lowest BCUT2D eigenvalue weighted by Crippen LogP contribution is -2.36. The molecule has 6 nitrogen and oxygen atoms in total. The highest BCUT2D eigenvalue weighted by Crippen LogP contribution is 2.39. The molecule has 0 fully saturated rings. The molecule has 3 N–H and O–H groups in total. The Balaban J connectivity index is 3.53. The van der Waals surface area contributed by atoms with E-state index in [0.29, 0.717) is 0 Å². The number of rotatable bonds is 3. The van der Waals surface area contributed by atoms with Crippen LogP contribution in [0.25, 0.3) is 0 Å². The van der Waals surface area contributed by atoms with Gasteiger partial charge in [-0.2, -0.15) is 8.42 Å². The molecule has 0 bridgehead atoms. The third-order valence-corrected chi connectivity index (χ3v) is 6.16. The molecule has 1 rings (SSSR count). The smallest absolute Gasteiger partial charge is 0.215 e. The lowest BCUT2D eigenvalue weighted by Gasteiger charge is -2.09. The molecule has 1 aromatic carbocycles. The van der Waals surface area contributed by atoms with Gasteiger partial charge in [-0.25, -0.2) is 13.6 Å². The predicted octanol–water partition coefficient (Wildman–Crippen LogP) is 1.78. The predicted molar refractivity (Wildman–Crippen MR) is 69.9 cm³/mol. The first-order valence-electron chi connectivity index (χ1n) is 3.85. The van der Waals surface area contributed by atoms with Crippen molar-refractivity contribution in [3.8, 4) is 0 Å². The second kappa shape index (κ2) is 5.29. The van der Waals surface area contributed by atoms with Crippen LogP contribution in [0.1, 0.15) is 0 Å². The van der Waals surface area contributed by atoms with Crippen molar-refractivity contribution >= 4 is 66.6 Å². The van der Waals surface area contributed by atoms with Crippen LogP contribution in [0.4, 0.5) is 0 Å². The lowest BCUT2D eigenvalue weighted by molar-refractivity contribution is 0.578. The van der Waals surface area contributed by atoms with Crippen molar-refractivity contribution in [3.05, 3.63) is 26.2 Å². The summed E-state index contributed by atoms with van der Waals surface area (Å²) < 4.78 is 46.0. The molecule has 0 atom stereocenters.